The molecule has 12 nitrogen and oxygen atoms in total. The molecule has 4 rings (SSSR count). The molecule has 0 saturated carbocycles. The van der Waals surface area contributed by atoms with Gasteiger partial charge in [-0.3, -0.25) is 5.32 Å². The Kier molecular flexibility index (Phi) is 9.60. The Morgan fingerprint density at radius 3 is 2.18 bits per heavy atom. The Morgan fingerprint density at radius 1 is 0.932 bits per heavy atom. The zero-order valence-electron chi connectivity index (χ0n) is 27.2. The minimum atomic E-state index is -0.791. The van der Waals surface area contributed by atoms with E-state index < -0.39 is 23.4 Å². The molecule has 3 heterocycles. The number of aromatic nitrogens is 4. The van der Waals surface area contributed by atoms with Gasteiger partial charge in [0.15, 0.2) is 0 Å². The van der Waals surface area contributed by atoms with Crippen molar-refractivity contribution in [1.82, 2.24) is 30.2 Å². The smallest absolute Gasteiger partial charge is 0.437 e. The number of piperidine rings is 1. The quantitative estimate of drug-likeness (QED) is 0.254. The Morgan fingerprint density at radius 2 is 1.57 bits per heavy atom. The molecule has 44 heavy (non-hydrogen) atoms. The standard InChI is InChI=1S/C32H44N8O4/c1-20-17-21(2)19-23(18-20)33-26-12-10-11-25(34-26)27-22(3)37-38-40(27)24-13-15-39(16-14-24)28(35-29(41)43-31(4,5)6)36-30(42)44-32(7,8)9/h10-12,17-19,24H,13-16H2,1-9H3,(H,33,34)(H,35,36,41,42). The van der Waals surface area contributed by atoms with E-state index in [4.69, 9.17) is 14.5 Å². The fourth-order valence-corrected chi connectivity index (χ4v) is 5.03. The first-order valence-corrected chi connectivity index (χ1v) is 14.9. The number of anilines is 2. The van der Waals surface area contributed by atoms with Crippen LogP contribution in [0.2, 0.25) is 0 Å². The number of hydrogen-bond acceptors (Lipinski definition) is 8. The number of nitrogens with zero attached hydrogens (tertiary/aromatic N) is 6. The second-order valence-electron chi connectivity index (χ2n) is 13.1. The number of likely N-dealkylation sites (tertiary alicyclic amines) is 1. The van der Waals surface area contributed by atoms with E-state index in [-0.39, 0.29) is 12.0 Å². The number of carbonyl (C=O) groups excluding carboxylic acids is 2. The molecule has 3 aromatic rings. The van der Waals surface area contributed by atoms with Gasteiger partial charge in [-0.15, -0.1) is 10.1 Å². The lowest BCUT2D eigenvalue weighted by Gasteiger charge is -2.34. The van der Waals surface area contributed by atoms with Gasteiger partial charge < -0.3 is 19.7 Å². The van der Waals surface area contributed by atoms with Crippen LogP contribution in [0.1, 0.15) is 77.2 Å². The molecule has 1 saturated heterocycles. The summed E-state index contributed by atoms with van der Waals surface area (Å²) < 4.78 is 12.7. The van der Waals surface area contributed by atoms with Crippen LogP contribution in [-0.4, -0.2) is 67.3 Å². The maximum Gasteiger partial charge on any atom is 0.437 e. The van der Waals surface area contributed by atoms with Crippen molar-refractivity contribution < 1.29 is 19.1 Å². The highest BCUT2D eigenvalue weighted by molar-refractivity contribution is 5.99. The SMILES string of the molecule is Cc1cc(C)cc(Nc2cccc(-c3c(C)nnn3C3CCN(C(=NC(=O)OC(C)(C)C)NC(=O)OC(C)(C)C)CC3)n2)c1. The molecule has 2 aromatic heterocycles. The van der Waals surface area contributed by atoms with Crippen LogP contribution in [0.5, 0.6) is 0 Å². The topological polar surface area (TPSA) is 136 Å². The van der Waals surface area contributed by atoms with E-state index in [0.29, 0.717) is 25.9 Å². The first-order chi connectivity index (χ1) is 20.6. The molecule has 1 aliphatic rings. The zero-order valence-corrected chi connectivity index (χ0v) is 27.2. The number of aliphatic imine (C=N–C) groups is 1. The molecule has 236 valence electrons. The van der Waals surface area contributed by atoms with Crippen molar-refractivity contribution in [3.05, 3.63) is 53.2 Å². The molecule has 0 aliphatic carbocycles. The van der Waals surface area contributed by atoms with Crippen LogP contribution in [0, 0.1) is 20.8 Å². The highest BCUT2D eigenvalue weighted by Crippen LogP contribution is 2.30. The first-order valence-electron chi connectivity index (χ1n) is 14.9. The fourth-order valence-electron chi connectivity index (χ4n) is 5.03. The first kappa shape index (κ1) is 32.4. The predicted octanol–water partition coefficient (Wildman–Crippen LogP) is 6.46. The number of guanidine groups is 1. The second-order valence-corrected chi connectivity index (χ2v) is 13.1. The van der Waals surface area contributed by atoms with Crippen LogP contribution in [0.25, 0.3) is 11.4 Å². The van der Waals surface area contributed by atoms with E-state index in [1.54, 1.807) is 41.5 Å². The van der Waals surface area contributed by atoms with Crippen LogP contribution in [0.15, 0.2) is 41.4 Å². The van der Waals surface area contributed by atoms with Crippen molar-refractivity contribution in [2.75, 3.05) is 18.4 Å². The highest BCUT2D eigenvalue weighted by atomic mass is 16.6. The van der Waals surface area contributed by atoms with Gasteiger partial charge in [0.2, 0.25) is 5.96 Å². The lowest BCUT2D eigenvalue weighted by molar-refractivity contribution is 0.0552. The minimum absolute atomic E-state index is 0.0181. The summed E-state index contributed by atoms with van der Waals surface area (Å²) in [5.41, 5.74) is 4.28. The molecule has 12 heteroatoms. The van der Waals surface area contributed by atoms with Crippen LogP contribution < -0.4 is 10.6 Å². The maximum absolute atomic E-state index is 12.6. The fraction of sp³-hybridized carbons (Fsp3) is 0.500. The predicted molar refractivity (Wildman–Crippen MR) is 170 cm³/mol. The van der Waals surface area contributed by atoms with Crippen LogP contribution in [0.4, 0.5) is 21.1 Å². The van der Waals surface area contributed by atoms with E-state index >= 15 is 0 Å². The molecule has 2 N–H and O–H groups in total. The van der Waals surface area contributed by atoms with Crippen molar-refractivity contribution in [3.8, 4) is 11.4 Å². The van der Waals surface area contributed by atoms with Crippen LogP contribution >= 0.6 is 0 Å². The van der Waals surface area contributed by atoms with E-state index in [0.717, 1.165) is 28.6 Å². The minimum Gasteiger partial charge on any atom is -0.444 e. The third-order valence-corrected chi connectivity index (χ3v) is 6.66. The number of ether oxygens (including phenoxy) is 2. The van der Waals surface area contributed by atoms with Gasteiger partial charge in [0.05, 0.1) is 17.4 Å². The number of rotatable bonds is 4. The normalized spacial score (nSPS) is 14.8. The molecular formula is C32H44N8O4. The number of benzene rings is 1. The average Bonchev–Trinajstić information content (AvgIpc) is 3.27. The van der Waals surface area contributed by atoms with E-state index in [2.05, 4.69) is 58.0 Å². The monoisotopic (exact) mass is 604 g/mol. The van der Waals surface area contributed by atoms with Gasteiger partial charge in [-0.25, -0.2) is 19.3 Å². The number of amides is 2. The van der Waals surface area contributed by atoms with Crippen molar-refractivity contribution in [1.29, 1.82) is 0 Å². The lowest BCUT2D eigenvalue weighted by Crippen LogP contribution is -2.49. The average molecular weight is 605 g/mol. The van der Waals surface area contributed by atoms with Gasteiger partial charge in [-0.2, -0.15) is 0 Å². The summed E-state index contributed by atoms with van der Waals surface area (Å²) in [7, 11) is 0. The van der Waals surface area contributed by atoms with Crippen molar-refractivity contribution >= 4 is 29.7 Å². The Hall–Kier alpha value is -4.48. The summed E-state index contributed by atoms with van der Waals surface area (Å²) in [5, 5.41) is 15.0. The molecule has 0 spiro atoms. The summed E-state index contributed by atoms with van der Waals surface area (Å²) in [6, 6.07) is 12.2. The van der Waals surface area contributed by atoms with Gasteiger partial charge in [-0.05, 0) is 111 Å². The van der Waals surface area contributed by atoms with Gasteiger partial charge in [0.1, 0.15) is 22.7 Å². The number of carbonyl (C=O) groups is 2. The van der Waals surface area contributed by atoms with Crippen LogP contribution in [-0.2, 0) is 9.47 Å². The van der Waals surface area contributed by atoms with E-state index in [1.165, 1.54) is 11.1 Å². The molecule has 1 aromatic carbocycles. The zero-order chi connectivity index (χ0) is 32.2. The molecular weight excluding hydrogens is 560 g/mol. The molecule has 1 aliphatic heterocycles. The third-order valence-electron chi connectivity index (χ3n) is 6.66. The number of hydrogen-bond donors (Lipinski definition) is 2. The van der Waals surface area contributed by atoms with Gasteiger partial charge in [0, 0.05) is 18.8 Å². The molecule has 0 unspecified atom stereocenters. The van der Waals surface area contributed by atoms with Crippen molar-refractivity contribution in [2.45, 2.75) is 92.4 Å². The van der Waals surface area contributed by atoms with Gasteiger partial charge >= 0.3 is 12.2 Å². The van der Waals surface area contributed by atoms with Crippen LogP contribution in [0.3, 0.4) is 0 Å². The van der Waals surface area contributed by atoms with Gasteiger partial charge in [-0.1, -0.05) is 17.3 Å². The number of alkyl carbamates (subject to hydrolysis) is 1. The Bertz CT molecular complexity index is 1510. The number of nitrogens with one attached hydrogen (secondary N) is 2. The summed E-state index contributed by atoms with van der Waals surface area (Å²) in [6.45, 7) is 17.7. The molecule has 0 atom stereocenters. The lowest BCUT2D eigenvalue weighted by atomic mass is 10.0. The number of pyridine rings is 1. The highest BCUT2D eigenvalue weighted by Gasteiger charge is 2.29. The molecule has 1 fully saturated rings. The third kappa shape index (κ3) is 9.01. The largest absolute Gasteiger partial charge is 0.444 e. The van der Waals surface area contributed by atoms with Crippen molar-refractivity contribution in [3.63, 3.8) is 0 Å². The Labute approximate surface area is 259 Å². The summed E-state index contributed by atoms with van der Waals surface area (Å²) >= 11 is 0. The molecule has 2 amide bonds. The summed E-state index contributed by atoms with van der Waals surface area (Å²) in [6.07, 6.45) is -0.156. The van der Waals surface area contributed by atoms with Gasteiger partial charge in [0.25, 0.3) is 0 Å². The molecule has 0 radical (unpaired) electrons. The maximum atomic E-state index is 12.6. The van der Waals surface area contributed by atoms with E-state index in [9.17, 15) is 9.59 Å². The molecule has 0 bridgehead atoms. The van der Waals surface area contributed by atoms with Crippen molar-refractivity contribution in [2.24, 2.45) is 4.99 Å². The number of aryl methyl sites for hydroxylation is 3. The second kappa shape index (κ2) is 13.0. The summed E-state index contributed by atoms with van der Waals surface area (Å²) in [5.74, 6) is 0.819. The van der Waals surface area contributed by atoms with E-state index in [1.807, 2.05) is 34.7 Å². The summed E-state index contributed by atoms with van der Waals surface area (Å²) in [4.78, 5) is 36.0. The Balaban J connectivity index is 1.52.